The maximum atomic E-state index is 17.6. The Bertz CT molecular complexity index is 2220. The van der Waals surface area contributed by atoms with Gasteiger partial charge in [0, 0.05) is 67.7 Å². The Morgan fingerprint density at radius 2 is 1.86 bits per heavy atom. The van der Waals surface area contributed by atoms with Gasteiger partial charge >= 0.3 is 6.01 Å². The van der Waals surface area contributed by atoms with Crippen molar-refractivity contribution < 1.29 is 23.0 Å². The molecule has 4 aliphatic heterocycles. The first-order chi connectivity index (χ1) is 23.6. The van der Waals surface area contributed by atoms with Crippen LogP contribution in [-0.4, -0.2) is 98.3 Å². The van der Waals surface area contributed by atoms with E-state index >= 15 is 8.78 Å². The summed E-state index contributed by atoms with van der Waals surface area (Å²) in [5.74, 6) is 1.54. The van der Waals surface area contributed by atoms with Crippen molar-refractivity contribution in [3.05, 3.63) is 47.7 Å². The van der Waals surface area contributed by atoms with Crippen molar-refractivity contribution in [2.45, 2.75) is 55.9 Å². The van der Waals surface area contributed by atoms with Gasteiger partial charge in [0.25, 0.3) is 0 Å². The van der Waals surface area contributed by atoms with Crippen molar-refractivity contribution in [2.24, 2.45) is 7.05 Å². The van der Waals surface area contributed by atoms with Crippen molar-refractivity contribution in [3.8, 4) is 35.2 Å². The summed E-state index contributed by atoms with van der Waals surface area (Å²) < 4.78 is 55.4. The summed E-state index contributed by atoms with van der Waals surface area (Å²) in [5.41, 5.74) is 0.0953. The Hall–Kier alpha value is -4.60. The number of phenolic OH excluding ortho intramolecular Hbond substituents is 1. The lowest BCUT2D eigenvalue weighted by Gasteiger charge is -2.40. The molecule has 2 bridgehead atoms. The number of ether oxygens (including phenoxy) is 1. The first kappa shape index (κ1) is 30.5. The molecule has 0 unspecified atom stereocenters. The van der Waals surface area contributed by atoms with Gasteiger partial charge in [-0.15, -0.1) is 6.42 Å². The number of terminal acetylenes is 1. The lowest BCUT2D eigenvalue weighted by Crippen LogP contribution is -2.53. The van der Waals surface area contributed by atoms with Crippen molar-refractivity contribution in [2.75, 3.05) is 44.7 Å². The van der Waals surface area contributed by atoms with Crippen LogP contribution in [0.3, 0.4) is 0 Å². The molecule has 0 spiro atoms. The van der Waals surface area contributed by atoms with Crippen molar-refractivity contribution in [3.63, 3.8) is 0 Å². The fourth-order valence-electron chi connectivity index (χ4n) is 9.28. The van der Waals surface area contributed by atoms with Gasteiger partial charge in [-0.05, 0) is 68.4 Å². The zero-order valence-corrected chi connectivity index (χ0v) is 27.4. The summed E-state index contributed by atoms with van der Waals surface area (Å²) in [6.45, 7) is 3.06. The van der Waals surface area contributed by atoms with E-state index < -0.39 is 23.3 Å². The minimum absolute atomic E-state index is 0.0218. The van der Waals surface area contributed by atoms with E-state index in [-0.39, 0.29) is 58.0 Å². The Labute approximate surface area is 281 Å². The van der Waals surface area contributed by atoms with Gasteiger partial charge in [-0.2, -0.15) is 15.1 Å². The predicted octanol–water partition coefficient (Wildman–Crippen LogP) is 5.54. The number of aromatic hydroxyl groups is 1. The smallest absolute Gasteiger partial charge is 0.319 e. The van der Waals surface area contributed by atoms with Crippen LogP contribution >= 0.6 is 0 Å². The second-order valence-corrected chi connectivity index (χ2v) is 14.3. The van der Waals surface area contributed by atoms with E-state index in [1.54, 1.807) is 11.7 Å². The van der Waals surface area contributed by atoms with E-state index in [0.717, 1.165) is 45.3 Å². The van der Waals surface area contributed by atoms with Crippen LogP contribution < -0.4 is 9.64 Å². The summed E-state index contributed by atoms with van der Waals surface area (Å²) >= 11 is 0. The number of likely N-dealkylation sites (tertiary alicyclic amines) is 1. The number of anilines is 1. The number of aryl methyl sites for hydroxylation is 1. The number of phenols is 1. The highest BCUT2D eigenvalue weighted by Gasteiger charge is 2.49. The number of benzene rings is 3. The molecule has 4 aliphatic rings. The average molecular weight is 668 g/mol. The van der Waals surface area contributed by atoms with Crippen LogP contribution in [0.1, 0.15) is 37.7 Å². The van der Waals surface area contributed by atoms with E-state index in [1.807, 2.05) is 6.20 Å². The molecule has 4 atom stereocenters. The fraction of sp³-hybridized carbons (Fsp3) is 0.432. The predicted molar refractivity (Wildman–Crippen MR) is 182 cm³/mol. The Morgan fingerprint density at radius 3 is 2.63 bits per heavy atom. The molecule has 5 aromatic rings. The number of fused-ring (bicyclic) bond motifs is 7. The number of hydrogen-bond donors (Lipinski definition) is 1. The molecule has 1 N–H and O–H groups in total. The molecule has 49 heavy (non-hydrogen) atoms. The Morgan fingerprint density at radius 1 is 1.06 bits per heavy atom. The molecule has 9 nitrogen and oxygen atoms in total. The van der Waals surface area contributed by atoms with Gasteiger partial charge in [-0.1, -0.05) is 12.0 Å². The normalized spacial score (nSPS) is 25.6. The average Bonchev–Trinajstić information content (AvgIpc) is 3.79. The van der Waals surface area contributed by atoms with Crippen molar-refractivity contribution in [1.82, 2.24) is 29.5 Å². The molecule has 3 aromatic carbocycles. The zero-order valence-electron chi connectivity index (χ0n) is 27.4. The standard InChI is InChI=1S/C37H36F3N7O2/c1-4-25-28(39)9-6-20-12-24(48)13-26(29(20)25)30-32(40)34-31(27-18-45(3)43-33(27)30)35(47-22-7-8-23(47)17-44(2)16-22)42-36(41-34)49-19-37-10-5-11-46(37)15-21(38)14-37/h1,6,9,12-13,18,21-23,48H,5,7-8,10-11,14-17,19H2,2-3H3/t21-,22-,23+,37+/m1/s1. The monoisotopic (exact) mass is 667 g/mol. The van der Waals surface area contributed by atoms with Crippen molar-refractivity contribution in [1.29, 1.82) is 0 Å². The second kappa shape index (κ2) is 11.0. The molecular weight excluding hydrogens is 631 g/mol. The number of aromatic nitrogens is 4. The third-order valence-corrected chi connectivity index (χ3v) is 11.2. The third kappa shape index (κ3) is 4.58. The second-order valence-electron chi connectivity index (χ2n) is 14.3. The van der Waals surface area contributed by atoms with Crippen LogP contribution in [0.5, 0.6) is 11.8 Å². The number of nitrogens with zero attached hydrogens (tertiary/aromatic N) is 7. The topological polar surface area (TPSA) is 82.8 Å². The van der Waals surface area contributed by atoms with Crippen LogP contribution in [0.4, 0.5) is 19.0 Å². The highest BCUT2D eigenvalue weighted by atomic mass is 19.1. The van der Waals surface area contributed by atoms with Crippen LogP contribution in [0, 0.1) is 24.0 Å². The van der Waals surface area contributed by atoms with E-state index in [0.29, 0.717) is 40.5 Å². The van der Waals surface area contributed by atoms with Gasteiger partial charge in [-0.3, -0.25) is 9.58 Å². The Balaban J connectivity index is 1.31. The summed E-state index contributed by atoms with van der Waals surface area (Å²) in [7, 11) is 3.87. The largest absolute Gasteiger partial charge is 0.508 e. The minimum Gasteiger partial charge on any atom is -0.508 e. The highest BCUT2D eigenvalue weighted by molar-refractivity contribution is 6.18. The summed E-state index contributed by atoms with van der Waals surface area (Å²) in [6.07, 6.45) is 10.8. The number of hydrogen-bond acceptors (Lipinski definition) is 8. The molecule has 0 aliphatic carbocycles. The van der Waals surface area contributed by atoms with Gasteiger partial charge in [0.15, 0.2) is 5.82 Å². The minimum atomic E-state index is -0.924. The Kier molecular flexibility index (Phi) is 6.81. The number of likely N-dealkylation sites (N-methyl/N-ethyl adjacent to an activating group) is 1. The third-order valence-electron chi connectivity index (χ3n) is 11.2. The van der Waals surface area contributed by atoms with Gasteiger partial charge in [0.05, 0.1) is 16.5 Å². The molecule has 0 saturated carbocycles. The molecular formula is C37H36F3N7O2. The molecule has 4 saturated heterocycles. The SMILES string of the molecule is C#Cc1c(F)ccc2cc(O)cc(-c3c(F)c4nc(OC[C@@]56CCCN5C[C@H](F)C6)nc(N5[C@@H]6CC[C@H]5CN(C)C6)c4c4cn(C)nc34)c12. The lowest BCUT2D eigenvalue weighted by molar-refractivity contribution is 0.107. The van der Waals surface area contributed by atoms with Crippen LogP contribution in [-0.2, 0) is 7.05 Å². The highest BCUT2D eigenvalue weighted by Crippen LogP contribution is 2.47. The fourth-order valence-corrected chi connectivity index (χ4v) is 9.28. The molecule has 2 aromatic heterocycles. The summed E-state index contributed by atoms with van der Waals surface area (Å²) in [4.78, 5) is 16.5. The van der Waals surface area contributed by atoms with E-state index in [1.165, 1.54) is 24.3 Å². The van der Waals surface area contributed by atoms with Gasteiger partial charge in [0.1, 0.15) is 41.2 Å². The maximum absolute atomic E-state index is 17.6. The van der Waals surface area contributed by atoms with Gasteiger partial charge in [-0.25, -0.2) is 13.2 Å². The summed E-state index contributed by atoms with van der Waals surface area (Å²) in [6, 6.07) is 5.95. The van der Waals surface area contributed by atoms with E-state index in [4.69, 9.17) is 26.2 Å². The van der Waals surface area contributed by atoms with E-state index in [9.17, 15) is 9.50 Å². The van der Waals surface area contributed by atoms with Crippen LogP contribution in [0.2, 0.25) is 0 Å². The molecule has 0 amide bonds. The molecule has 0 radical (unpaired) electrons. The number of piperazine rings is 1. The van der Waals surface area contributed by atoms with Crippen LogP contribution in [0.25, 0.3) is 43.7 Å². The summed E-state index contributed by atoms with van der Waals surface area (Å²) in [5, 5.41) is 17.4. The van der Waals surface area contributed by atoms with Crippen molar-refractivity contribution >= 4 is 38.4 Å². The van der Waals surface area contributed by atoms with Gasteiger partial charge < -0.3 is 19.6 Å². The quantitative estimate of drug-likeness (QED) is 0.245. The molecule has 12 heteroatoms. The van der Waals surface area contributed by atoms with E-state index in [2.05, 4.69) is 27.7 Å². The number of halogens is 3. The molecule has 9 rings (SSSR count). The lowest BCUT2D eigenvalue weighted by atomic mass is 9.91. The first-order valence-corrected chi connectivity index (χ1v) is 16.9. The maximum Gasteiger partial charge on any atom is 0.319 e. The first-order valence-electron chi connectivity index (χ1n) is 16.9. The molecule has 6 heterocycles. The van der Waals surface area contributed by atoms with Gasteiger partial charge in [0.2, 0.25) is 0 Å². The zero-order chi connectivity index (χ0) is 33.8. The molecule has 252 valence electrons. The number of alkyl halides is 1. The molecule has 4 fully saturated rings. The number of rotatable bonds is 5. The van der Waals surface area contributed by atoms with Crippen LogP contribution in [0.15, 0.2) is 30.5 Å².